The molecule has 0 atom stereocenters. The van der Waals surface area contributed by atoms with E-state index in [4.69, 9.17) is 0 Å². The summed E-state index contributed by atoms with van der Waals surface area (Å²) in [5.41, 5.74) is 2.38. The Morgan fingerprint density at radius 2 is 2.00 bits per heavy atom. The number of anilines is 1. The van der Waals surface area contributed by atoms with Crippen molar-refractivity contribution in [2.75, 3.05) is 12.4 Å². The lowest BCUT2D eigenvalue weighted by molar-refractivity contribution is 0.679. The number of hydrogen-bond acceptors (Lipinski definition) is 3. The molecule has 0 aromatic carbocycles. The second-order valence-electron chi connectivity index (χ2n) is 4.03. The van der Waals surface area contributed by atoms with Crippen molar-refractivity contribution in [3.8, 4) is 0 Å². The molecule has 14 heavy (non-hydrogen) atoms. The van der Waals surface area contributed by atoms with E-state index < -0.39 is 0 Å². The maximum absolute atomic E-state index is 4.28. The summed E-state index contributed by atoms with van der Waals surface area (Å²) in [5.74, 6) is 1.55. The molecule has 0 bridgehead atoms. The van der Waals surface area contributed by atoms with Gasteiger partial charge >= 0.3 is 0 Å². The first-order valence-corrected chi connectivity index (χ1v) is 5.33. The summed E-state index contributed by atoms with van der Waals surface area (Å²) in [6.07, 6.45) is 5.26. The van der Waals surface area contributed by atoms with Gasteiger partial charge in [0.25, 0.3) is 0 Å². The van der Waals surface area contributed by atoms with Gasteiger partial charge < -0.3 is 5.32 Å². The number of aromatic nitrogens is 2. The molecule has 1 fully saturated rings. The van der Waals surface area contributed by atoms with Crippen molar-refractivity contribution in [1.29, 1.82) is 0 Å². The minimum absolute atomic E-state index is 0.659. The summed E-state index contributed by atoms with van der Waals surface area (Å²) >= 11 is 0. The number of hydrogen-bond donors (Lipinski definition) is 1. The Morgan fingerprint density at radius 3 is 2.57 bits per heavy atom. The molecule has 2 rings (SSSR count). The standard InChI is InChI=1S/C11H17N3/c1-8-7-10(9-5-3-4-6-9)13-14-11(8)12-2/h7,9H,3-6H2,1-2H3,(H,12,14). The maximum atomic E-state index is 4.28. The van der Waals surface area contributed by atoms with Gasteiger partial charge in [0, 0.05) is 13.0 Å². The van der Waals surface area contributed by atoms with Crippen LogP contribution >= 0.6 is 0 Å². The summed E-state index contributed by atoms with van der Waals surface area (Å²) in [5, 5.41) is 11.5. The molecule has 0 radical (unpaired) electrons. The molecule has 1 aromatic heterocycles. The molecule has 3 nitrogen and oxygen atoms in total. The highest BCUT2D eigenvalue weighted by atomic mass is 15.2. The normalized spacial score (nSPS) is 17.3. The molecular formula is C11H17N3. The summed E-state index contributed by atoms with van der Waals surface area (Å²) in [6, 6.07) is 2.18. The Kier molecular flexibility index (Phi) is 2.66. The van der Waals surface area contributed by atoms with Gasteiger partial charge in [-0.25, -0.2) is 0 Å². The van der Waals surface area contributed by atoms with Gasteiger partial charge in [0.05, 0.1) is 5.69 Å². The summed E-state index contributed by atoms with van der Waals surface area (Å²) < 4.78 is 0. The van der Waals surface area contributed by atoms with E-state index >= 15 is 0 Å². The SMILES string of the molecule is CNc1nnc(C2CCCC2)cc1C. The molecule has 0 spiro atoms. The molecule has 1 heterocycles. The summed E-state index contributed by atoms with van der Waals surface area (Å²) in [4.78, 5) is 0. The monoisotopic (exact) mass is 191 g/mol. The van der Waals surface area contributed by atoms with Crippen LogP contribution in [0.4, 0.5) is 5.82 Å². The third-order valence-corrected chi connectivity index (χ3v) is 3.01. The fourth-order valence-corrected chi connectivity index (χ4v) is 2.17. The van der Waals surface area contributed by atoms with Gasteiger partial charge in [-0.05, 0) is 31.4 Å². The first kappa shape index (κ1) is 9.44. The molecule has 0 aliphatic heterocycles. The van der Waals surface area contributed by atoms with Crippen LogP contribution in [0.3, 0.4) is 0 Å². The van der Waals surface area contributed by atoms with E-state index in [1.165, 1.54) is 36.9 Å². The first-order valence-electron chi connectivity index (χ1n) is 5.33. The first-order chi connectivity index (χ1) is 6.81. The maximum Gasteiger partial charge on any atom is 0.151 e. The van der Waals surface area contributed by atoms with Gasteiger partial charge in [-0.2, -0.15) is 5.10 Å². The van der Waals surface area contributed by atoms with Gasteiger partial charge in [-0.1, -0.05) is 12.8 Å². The van der Waals surface area contributed by atoms with Crippen LogP contribution in [0.15, 0.2) is 6.07 Å². The molecule has 3 heteroatoms. The highest BCUT2D eigenvalue weighted by Gasteiger charge is 2.19. The zero-order valence-electron chi connectivity index (χ0n) is 8.88. The molecule has 0 amide bonds. The van der Waals surface area contributed by atoms with Crippen LogP contribution in [0, 0.1) is 6.92 Å². The van der Waals surface area contributed by atoms with Crippen molar-refractivity contribution < 1.29 is 0 Å². The molecule has 0 unspecified atom stereocenters. The highest BCUT2D eigenvalue weighted by Crippen LogP contribution is 2.33. The lowest BCUT2D eigenvalue weighted by atomic mass is 10.0. The van der Waals surface area contributed by atoms with Gasteiger partial charge in [-0.3, -0.25) is 0 Å². The van der Waals surface area contributed by atoms with Crippen LogP contribution in [-0.2, 0) is 0 Å². The summed E-state index contributed by atoms with van der Waals surface area (Å²) in [6.45, 7) is 2.08. The van der Waals surface area contributed by atoms with Crippen LogP contribution in [0.1, 0.15) is 42.9 Å². The van der Waals surface area contributed by atoms with Crippen LogP contribution in [0.5, 0.6) is 0 Å². The molecule has 1 aliphatic rings. The van der Waals surface area contributed by atoms with E-state index in [-0.39, 0.29) is 0 Å². The predicted molar refractivity (Wildman–Crippen MR) is 57.5 cm³/mol. The average molecular weight is 191 g/mol. The minimum Gasteiger partial charge on any atom is -0.371 e. The molecule has 1 aliphatic carbocycles. The van der Waals surface area contributed by atoms with E-state index in [2.05, 4.69) is 28.5 Å². The Balaban J connectivity index is 2.23. The van der Waals surface area contributed by atoms with Crippen molar-refractivity contribution in [1.82, 2.24) is 10.2 Å². The van der Waals surface area contributed by atoms with Gasteiger partial charge in [0.15, 0.2) is 5.82 Å². The Hall–Kier alpha value is -1.12. The van der Waals surface area contributed by atoms with E-state index in [9.17, 15) is 0 Å². The Bertz CT molecular complexity index is 316. The second-order valence-corrected chi connectivity index (χ2v) is 4.03. The third-order valence-electron chi connectivity index (χ3n) is 3.01. The fourth-order valence-electron chi connectivity index (χ4n) is 2.17. The van der Waals surface area contributed by atoms with E-state index in [0.717, 1.165) is 5.82 Å². The van der Waals surface area contributed by atoms with Gasteiger partial charge in [-0.15, -0.1) is 5.10 Å². The topological polar surface area (TPSA) is 37.8 Å². The number of nitrogens with zero attached hydrogens (tertiary/aromatic N) is 2. The molecular weight excluding hydrogens is 174 g/mol. The van der Waals surface area contributed by atoms with E-state index in [0.29, 0.717) is 5.92 Å². The molecule has 0 saturated heterocycles. The highest BCUT2D eigenvalue weighted by molar-refractivity contribution is 5.42. The minimum atomic E-state index is 0.659. The van der Waals surface area contributed by atoms with Crippen molar-refractivity contribution in [3.05, 3.63) is 17.3 Å². The lowest BCUT2D eigenvalue weighted by Crippen LogP contribution is -2.03. The van der Waals surface area contributed by atoms with Gasteiger partial charge in [0.2, 0.25) is 0 Å². The van der Waals surface area contributed by atoms with Crippen molar-refractivity contribution in [2.45, 2.75) is 38.5 Å². The zero-order chi connectivity index (χ0) is 9.97. The second kappa shape index (κ2) is 3.95. The Morgan fingerprint density at radius 1 is 1.29 bits per heavy atom. The number of rotatable bonds is 2. The largest absolute Gasteiger partial charge is 0.371 e. The quantitative estimate of drug-likeness (QED) is 0.780. The fraction of sp³-hybridized carbons (Fsp3) is 0.636. The number of aryl methyl sites for hydroxylation is 1. The molecule has 1 aromatic rings. The molecule has 1 saturated carbocycles. The Labute approximate surface area is 84.9 Å². The van der Waals surface area contributed by atoms with Crippen molar-refractivity contribution >= 4 is 5.82 Å². The molecule has 76 valence electrons. The molecule has 1 N–H and O–H groups in total. The van der Waals surface area contributed by atoms with Crippen LogP contribution in [0.25, 0.3) is 0 Å². The van der Waals surface area contributed by atoms with Crippen molar-refractivity contribution in [3.63, 3.8) is 0 Å². The predicted octanol–water partition coefficient (Wildman–Crippen LogP) is 2.48. The third kappa shape index (κ3) is 1.72. The average Bonchev–Trinajstić information content (AvgIpc) is 2.70. The van der Waals surface area contributed by atoms with Crippen LogP contribution in [0.2, 0.25) is 0 Å². The zero-order valence-corrected chi connectivity index (χ0v) is 8.88. The van der Waals surface area contributed by atoms with E-state index in [1.54, 1.807) is 0 Å². The van der Waals surface area contributed by atoms with Gasteiger partial charge in [0.1, 0.15) is 0 Å². The van der Waals surface area contributed by atoms with E-state index in [1.807, 2.05) is 7.05 Å². The van der Waals surface area contributed by atoms with Crippen molar-refractivity contribution in [2.24, 2.45) is 0 Å². The van der Waals surface area contributed by atoms with Crippen LogP contribution in [-0.4, -0.2) is 17.2 Å². The lowest BCUT2D eigenvalue weighted by Gasteiger charge is -2.10. The number of nitrogens with one attached hydrogen (secondary N) is 1. The summed E-state index contributed by atoms with van der Waals surface area (Å²) in [7, 11) is 1.88. The smallest absolute Gasteiger partial charge is 0.151 e. The van der Waals surface area contributed by atoms with Crippen LogP contribution < -0.4 is 5.32 Å².